The van der Waals surface area contributed by atoms with Crippen LogP contribution in [-0.4, -0.2) is 13.4 Å². The molecule has 0 bridgehead atoms. The van der Waals surface area contributed by atoms with Crippen molar-refractivity contribution in [1.29, 1.82) is 0 Å². The average Bonchev–Trinajstić information content (AvgIpc) is 2.82. The minimum atomic E-state index is -3.92. The van der Waals surface area contributed by atoms with Gasteiger partial charge in [0, 0.05) is 6.07 Å². The van der Waals surface area contributed by atoms with Crippen molar-refractivity contribution in [1.82, 2.24) is 4.98 Å². The Kier molecular flexibility index (Phi) is 3.69. The topological polar surface area (TPSA) is 92.2 Å². The second kappa shape index (κ2) is 5.43. The molecule has 1 aromatic heterocycles. The first-order chi connectivity index (χ1) is 10.8. The summed E-state index contributed by atoms with van der Waals surface area (Å²) in [5.41, 5.74) is 2.72. The Labute approximate surface area is 137 Å². The molecule has 0 saturated heterocycles. The van der Waals surface area contributed by atoms with Crippen LogP contribution in [0.4, 0.5) is 5.69 Å². The van der Waals surface area contributed by atoms with Gasteiger partial charge in [0.25, 0.3) is 10.0 Å². The van der Waals surface area contributed by atoms with Crippen LogP contribution in [-0.2, 0) is 10.0 Å². The van der Waals surface area contributed by atoms with E-state index < -0.39 is 15.8 Å². The fourth-order valence-corrected chi connectivity index (χ4v) is 3.89. The van der Waals surface area contributed by atoms with Crippen molar-refractivity contribution in [3.8, 4) is 0 Å². The molecule has 6 nitrogen and oxygen atoms in total. The summed E-state index contributed by atoms with van der Waals surface area (Å²) >= 11 is 6.05. The highest BCUT2D eigenvalue weighted by Crippen LogP contribution is 2.29. The number of oxazole rings is 1. The molecule has 0 aliphatic heterocycles. The van der Waals surface area contributed by atoms with E-state index in [1.165, 1.54) is 12.1 Å². The zero-order valence-corrected chi connectivity index (χ0v) is 13.9. The molecule has 0 aliphatic carbocycles. The molecule has 2 N–H and O–H groups in total. The third kappa shape index (κ3) is 2.85. The van der Waals surface area contributed by atoms with Crippen molar-refractivity contribution in [3.63, 3.8) is 0 Å². The van der Waals surface area contributed by atoms with Crippen molar-refractivity contribution >= 4 is 38.4 Å². The van der Waals surface area contributed by atoms with E-state index in [-0.39, 0.29) is 15.5 Å². The van der Waals surface area contributed by atoms with Gasteiger partial charge in [-0.15, -0.1) is 0 Å². The third-order valence-corrected chi connectivity index (χ3v) is 5.44. The third-order valence-electron chi connectivity index (χ3n) is 3.61. The number of sulfonamides is 1. The molecular formula is C15H13ClN2O4S. The molecule has 23 heavy (non-hydrogen) atoms. The molecule has 0 aliphatic rings. The first-order valence-electron chi connectivity index (χ1n) is 6.69. The maximum atomic E-state index is 12.6. The van der Waals surface area contributed by atoms with E-state index in [9.17, 15) is 13.2 Å². The minimum Gasteiger partial charge on any atom is -0.408 e. The number of hydrogen-bond donors (Lipinski definition) is 2. The highest BCUT2D eigenvalue weighted by molar-refractivity contribution is 7.92. The first-order valence-corrected chi connectivity index (χ1v) is 8.55. The summed E-state index contributed by atoms with van der Waals surface area (Å²) in [7, 11) is -3.92. The lowest BCUT2D eigenvalue weighted by Crippen LogP contribution is -2.14. The van der Waals surface area contributed by atoms with E-state index >= 15 is 0 Å². The van der Waals surface area contributed by atoms with Crippen molar-refractivity contribution in [2.45, 2.75) is 18.7 Å². The second-order valence-corrected chi connectivity index (χ2v) is 7.20. The number of fused-ring (bicyclic) bond motifs is 1. The van der Waals surface area contributed by atoms with E-state index in [2.05, 4.69) is 9.71 Å². The van der Waals surface area contributed by atoms with Crippen LogP contribution in [0.1, 0.15) is 11.1 Å². The Morgan fingerprint density at radius 3 is 2.70 bits per heavy atom. The van der Waals surface area contributed by atoms with E-state index in [4.69, 9.17) is 16.0 Å². The van der Waals surface area contributed by atoms with Crippen LogP contribution in [0.3, 0.4) is 0 Å². The van der Waals surface area contributed by atoms with Gasteiger partial charge in [0.05, 0.1) is 16.2 Å². The highest BCUT2D eigenvalue weighted by atomic mass is 35.5. The number of rotatable bonds is 3. The van der Waals surface area contributed by atoms with Gasteiger partial charge in [-0.1, -0.05) is 23.7 Å². The van der Waals surface area contributed by atoms with Crippen molar-refractivity contribution in [2.75, 3.05) is 4.72 Å². The summed E-state index contributed by atoms with van der Waals surface area (Å²) in [4.78, 5) is 13.5. The van der Waals surface area contributed by atoms with Gasteiger partial charge >= 0.3 is 5.76 Å². The second-order valence-electron chi connectivity index (χ2n) is 5.15. The predicted octanol–water partition coefficient (Wildman–Crippen LogP) is 3.19. The number of H-pyrrole nitrogens is 1. The van der Waals surface area contributed by atoms with Gasteiger partial charge in [-0.3, -0.25) is 9.71 Å². The smallest absolute Gasteiger partial charge is 0.408 e. The normalized spacial score (nSPS) is 11.8. The zero-order chi connectivity index (χ0) is 16.8. The number of anilines is 1. The highest BCUT2D eigenvalue weighted by Gasteiger charge is 2.21. The molecule has 3 rings (SSSR count). The number of hydrogen-bond acceptors (Lipinski definition) is 4. The van der Waals surface area contributed by atoms with Crippen molar-refractivity contribution < 1.29 is 12.8 Å². The molecule has 120 valence electrons. The van der Waals surface area contributed by atoms with Gasteiger partial charge < -0.3 is 4.42 Å². The first kappa shape index (κ1) is 15.6. The Hall–Kier alpha value is -2.25. The number of aryl methyl sites for hydroxylation is 1. The molecule has 0 saturated carbocycles. The minimum absolute atomic E-state index is 0.00708. The molecule has 0 spiro atoms. The summed E-state index contributed by atoms with van der Waals surface area (Å²) < 4.78 is 32.6. The maximum Gasteiger partial charge on any atom is 0.417 e. The lowest BCUT2D eigenvalue weighted by Gasteiger charge is -2.13. The molecule has 0 radical (unpaired) electrons. The summed E-state index contributed by atoms with van der Waals surface area (Å²) in [6, 6.07) is 7.89. The van der Waals surface area contributed by atoms with E-state index in [0.717, 1.165) is 11.1 Å². The summed E-state index contributed by atoms with van der Waals surface area (Å²) in [5.74, 6) is -0.673. The van der Waals surface area contributed by atoms with Crippen LogP contribution >= 0.6 is 11.6 Å². The fourth-order valence-electron chi connectivity index (χ4n) is 2.22. The lowest BCUT2D eigenvalue weighted by atomic mass is 10.1. The van der Waals surface area contributed by atoms with Gasteiger partial charge in [0.1, 0.15) is 4.90 Å². The van der Waals surface area contributed by atoms with E-state index in [1.54, 1.807) is 12.1 Å². The fraction of sp³-hybridized carbons (Fsp3) is 0.133. The molecule has 3 aromatic rings. The zero-order valence-electron chi connectivity index (χ0n) is 12.3. The SMILES string of the molecule is Cc1cccc(NS(=O)(=O)c2cc3oc(=O)[nH]c3cc2Cl)c1C. The number of halogens is 1. The van der Waals surface area contributed by atoms with Gasteiger partial charge in [-0.2, -0.15) is 0 Å². The Balaban J connectivity index is 2.10. The van der Waals surface area contributed by atoms with E-state index in [1.807, 2.05) is 19.9 Å². The molecule has 0 atom stereocenters. The largest absolute Gasteiger partial charge is 0.417 e. The number of aromatic amines is 1. The van der Waals surface area contributed by atoms with Gasteiger partial charge in [0.2, 0.25) is 0 Å². The van der Waals surface area contributed by atoms with Crippen molar-refractivity contribution in [3.05, 3.63) is 57.0 Å². The predicted molar refractivity (Wildman–Crippen MR) is 88.6 cm³/mol. The lowest BCUT2D eigenvalue weighted by molar-refractivity contribution is 0.554. The van der Waals surface area contributed by atoms with Crippen LogP contribution in [0.25, 0.3) is 11.1 Å². The van der Waals surface area contributed by atoms with Gasteiger partial charge in [0.15, 0.2) is 5.58 Å². The maximum absolute atomic E-state index is 12.6. The number of nitrogens with one attached hydrogen (secondary N) is 2. The van der Waals surface area contributed by atoms with Crippen molar-refractivity contribution in [2.24, 2.45) is 0 Å². The summed E-state index contributed by atoms with van der Waals surface area (Å²) in [5, 5.41) is -0.00708. The monoisotopic (exact) mass is 352 g/mol. The Morgan fingerprint density at radius 1 is 1.22 bits per heavy atom. The standard InChI is InChI=1S/C15H13ClN2O4S/c1-8-4-3-5-11(9(8)2)18-23(20,21)14-7-13-12(6-10(14)16)17-15(19)22-13/h3-7,18H,1-2H3,(H,17,19). The van der Waals surface area contributed by atoms with Crippen LogP contribution in [0, 0.1) is 13.8 Å². The number of aromatic nitrogens is 1. The quantitative estimate of drug-likeness (QED) is 0.757. The summed E-state index contributed by atoms with van der Waals surface area (Å²) in [6.07, 6.45) is 0. The molecule has 0 amide bonds. The number of benzene rings is 2. The van der Waals surface area contributed by atoms with Crippen LogP contribution in [0.15, 0.2) is 44.4 Å². The van der Waals surface area contributed by atoms with Crippen LogP contribution in [0.2, 0.25) is 5.02 Å². The van der Waals surface area contributed by atoms with E-state index in [0.29, 0.717) is 11.2 Å². The average molecular weight is 353 g/mol. The molecule has 2 aromatic carbocycles. The van der Waals surface area contributed by atoms with Gasteiger partial charge in [-0.05, 0) is 37.1 Å². The van der Waals surface area contributed by atoms with Gasteiger partial charge in [-0.25, -0.2) is 13.2 Å². The summed E-state index contributed by atoms with van der Waals surface area (Å²) in [6.45, 7) is 3.71. The molecule has 0 unspecified atom stereocenters. The Morgan fingerprint density at radius 2 is 1.96 bits per heavy atom. The molecule has 8 heteroatoms. The molecule has 1 heterocycles. The molecular weight excluding hydrogens is 340 g/mol. The molecule has 0 fully saturated rings. The Bertz CT molecular complexity index is 1070. The van der Waals surface area contributed by atoms with Crippen LogP contribution < -0.4 is 10.5 Å². The van der Waals surface area contributed by atoms with Crippen LogP contribution in [0.5, 0.6) is 0 Å².